The van der Waals surface area contributed by atoms with Crippen molar-refractivity contribution in [2.24, 2.45) is 12.8 Å². The van der Waals surface area contributed by atoms with Crippen molar-refractivity contribution in [3.8, 4) is 0 Å². The number of nitrogens with two attached hydrogens (primary N) is 1. The largest absolute Gasteiger partial charge is 0.366 e. The third-order valence-electron chi connectivity index (χ3n) is 2.73. The van der Waals surface area contributed by atoms with Gasteiger partial charge in [0, 0.05) is 26.2 Å². The molecule has 4 nitrogen and oxygen atoms in total. The second kappa shape index (κ2) is 5.01. The van der Waals surface area contributed by atoms with Crippen molar-refractivity contribution in [3.05, 3.63) is 47.2 Å². The molecule has 0 unspecified atom stereocenters. The van der Waals surface area contributed by atoms with Gasteiger partial charge in [-0.3, -0.25) is 4.68 Å². The van der Waals surface area contributed by atoms with Gasteiger partial charge in [-0.2, -0.15) is 5.10 Å². The fourth-order valence-corrected chi connectivity index (χ4v) is 1.76. The Balaban J connectivity index is 1.99. The van der Waals surface area contributed by atoms with Crippen molar-refractivity contribution >= 4 is 5.82 Å². The van der Waals surface area contributed by atoms with Gasteiger partial charge in [0.1, 0.15) is 5.82 Å². The molecule has 2 aromatic rings. The Morgan fingerprint density at radius 2 is 1.88 bits per heavy atom. The first-order chi connectivity index (χ1) is 8.19. The first-order valence-electron chi connectivity index (χ1n) is 5.71. The summed E-state index contributed by atoms with van der Waals surface area (Å²) < 4.78 is 1.85. The predicted molar refractivity (Wildman–Crippen MR) is 69.6 cm³/mol. The minimum atomic E-state index is 0.592. The Morgan fingerprint density at radius 3 is 2.41 bits per heavy atom. The average Bonchev–Trinajstić information content (AvgIpc) is 2.66. The summed E-state index contributed by atoms with van der Waals surface area (Å²) in [6.45, 7) is 3.37. The number of hydrogen-bond donors (Lipinski definition) is 2. The molecule has 1 aromatic heterocycles. The van der Waals surface area contributed by atoms with Crippen LogP contribution in [-0.4, -0.2) is 9.78 Å². The van der Waals surface area contributed by atoms with E-state index >= 15 is 0 Å². The highest BCUT2D eigenvalue weighted by Gasteiger charge is 2.01. The Kier molecular flexibility index (Phi) is 3.44. The van der Waals surface area contributed by atoms with Crippen LogP contribution in [0.1, 0.15) is 16.8 Å². The molecule has 0 spiro atoms. The Hall–Kier alpha value is -1.81. The molecule has 4 heteroatoms. The normalized spacial score (nSPS) is 10.5. The molecule has 0 aliphatic heterocycles. The topological polar surface area (TPSA) is 55.9 Å². The van der Waals surface area contributed by atoms with Gasteiger partial charge in [0.2, 0.25) is 0 Å². The molecular weight excluding hydrogens is 212 g/mol. The zero-order valence-electron chi connectivity index (χ0n) is 10.3. The first-order valence-corrected chi connectivity index (χ1v) is 5.71. The van der Waals surface area contributed by atoms with Gasteiger partial charge in [0.25, 0.3) is 0 Å². The van der Waals surface area contributed by atoms with Gasteiger partial charge in [-0.05, 0) is 18.1 Å². The van der Waals surface area contributed by atoms with E-state index in [9.17, 15) is 0 Å². The van der Waals surface area contributed by atoms with Crippen LogP contribution in [0, 0.1) is 6.92 Å². The Bertz CT molecular complexity index is 485. The van der Waals surface area contributed by atoms with Crippen molar-refractivity contribution in [1.29, 1.82) is 0 Å². The van der Waals surface area contributed by atoms with Crippen LogP contribution in [0.25, 0.3) is 0 Å². The summed E-state index contributed by atoms with van der Waals surface area (Å²) in [5, 5.41) is 7.65. The standard InChI is InChI=1S/C13H18N4/c1-10-7-13(17(2)16-10)15-9-12-5-3-11(8-14)4-6-12/h3-7,15H,8-9,14H2,1-2H3. The number of aryl methyl sites for hydroxylation is 2. The molecular formula is C13H18N4. The summed E-state index contributed by atoms with van der Waals surface area (Å²) >= 11 is 0. The number of benzene rings is 1. The molecule has 0 aliphatic rings. The van der Waals surface area contributed by atoms with Crippen molar-refractivity contribution in [2.45, 2.75) is 20.0 Å². The summed E-state index contributed by atoms with van der Waals surface area (Å²) in [5.41, 5.74) is 8.98. The van der Waals surface area contributed by atoms with Crippen LogP contribution in [-0.2, 0) is 20.1 Å². The molecule has 90 valence electrons. The molecule has 0 fully saturated rings. The Morgan fingerprint density at radius 1 is 1.24 bits per heavy atom. The molecule has 0 bridgehead atoms. The van der Waals surface area contributed by atoms with Crippen LogP contribution in [0.3, 0.4) is 0 Å². The minimum absolute atomic E-state index is 0.592. The number of rotatable bonds is 4. The van der Waals surface area contributed by atoms with Gasteiger partial charge in [0.05, 0.1) is 5.69 Å². The van der Waals surface area contributed by atoms with Gasteiger partial charge in [-0.15, -0.1) is 0 Å². The van der Waals surface area contributed by atoms with Crippen LogP contribution in [0.15, 0.2) is 30.3 Å². The lowest BCUT2D eigenvalue weighted by Gasteiger charge is -2.06. The third-order valence-corrected chi connectivity index (χ3v) is 2.73. The summed E-state index contributed by atoms with van der Waals surface area (Å²) in [6, 6.07) is 10.3. The SMILES string of the molecule is Cc1cc(NCc2ccc(CN)cc2)n(C)n1. The van der Waals surface area contributed by atoms with Crippen LogP contribution < -0.4 is 11.1 Å². The zero-order valence-corrected chi connectivity index (χ0v) is 10.3. The molecule has 0 amide bonds. The molecule has 3 N–H and O–H groups in total. The van der Waals surface area contributed by atoms with E-state index in [0.29, 0.717) is 6.54 Å². The number of nitrogens with zero attached hydrogens (tertiary/aromatic N) is 2. The molecule has 2 rings (SSSR count). The lowest BCUT2D eigenvalue weighted by atomic mass is 10.1. The summed E-state index contributed by atoms with van der Waals surface area (Å²) in [7, 11) is 1.94. The maximum absolute atomic E-state index is 5.56. The molecule has 0 atom stereocenters. The number of hydrogen-bond acceptors (Lipinski definition) is 3. The number of aromatic nitrogens is 2. The molecule has 0 radical (unpaired) electrons. The fourth-order valence-electron chi connectivity index (χ4n) is 1.76. The van der Waals surface area contributed by atoms with E-state index in [-0.39, 0.29) is 0 Å². The molecule has 1 heterocycles. The van der Waals surface area contributed by atoms with Crippen LogP contribution in [0.5, 0.6) is 0 Å². The van der Waals surface area contributed by atoms with Crippen molar-refractivity contribution in [1.82, 2.24) is 9.78 Å². The number of anilines is 1. The molecule has 1 aromatic carbocycles. The maximum Gasteiger partial charge on any atom is 0.124 e. The zero-order chi connectivity index (χ0) is 12.3. The van der Waals surface area contributed by atoms with E-state index in [1.807, 2.05) is 24.7 Å². The monoisotopic (exact) mass is 230 g/mol. The number of nitrogens with one attached hydrogen (secondary N) is 1. The summed E-state index contributed by atoms with van der Waals surface area (Å²) in [5.74, 6) is 1.03. The molecule has 0 saturated carbocycles. The van der Waals surface area contributed by atoms with Gasteiger partial charge in [-0.25, -0.2) is 0 Å². The van der Waals surface area contributed by atoms with E-state index in [4.69, 9.17) is 5.73 Å². The quantitative estimate of drug-likeness (QED) is 0.842. The molecule has 0 saturated heterocycles. The molecule has 0 aliphatic carbocycles. The van der Waals surface area contributed by atoms with Gasteiger partial charge >= 0.3 is 0 Å². The van der Waals surface area contributed by atoms with Crippen molar-refractivity contribution in [2.75, 3.05) is 5.32 Å². The highest BCUT2D eigenvalue weighted by atomic mass is 15.3. The average molecular weight is 230 g/mol. The highest BCUT2D eigenvalue weighted by Crippen LogP contribution is 2.10. The van der Waals surface area contributed by atoms with Crippen molar-refractivity contribution in [3.63, 3.8) is 0 Å². The third kappa shape index (κ3) is 2.85. The van der Waals surface area contributed by atoms with Crippen LogP contribution >= 0.6 is 0 Å². The van der Waals surface area contributed by atoms with Gasteiger partial charge < -0.3 is 11.1 Å². The van der Waals surface area contributed by atoms with Crippen molar-refractivity contribution < 1.29 is 0 Å². The maximum atomic E-state index is 5.56. The van der Waals surface area contributed by atoms with E-state index in [1.165, 1.54) is 5.56 Å². The van der Waals surface area contributed by atoms with E-state index in [1.54, 1.807) is 0 Å². The lowest BCUT2D eigenvalue weighted by Crippen LogP contribution is -2.05. The summed E-state index contributed by atoms with van der Waals surface area (Å²) in [6.07, 6.45) is 0. The predicted octanol–water partition coefficient (Wildman–Crippen LogP) is 1.80. The first kappa shape index (κ1) is 11.7. The lowest BCUT2D eigenvalue weighted by molar-refractivity contribution is 0.758. The van der Waals surface area contributed by atoms with Crippen LogP contribution in [0.2, 0.25) is 0 Å². The van der Waals surface area contributed by atoms with E-state index < -0.39 is 0 Å². The summed E-state index contributed by atoms with van der Waals surface area (Å²) in [4.78, 5) is 0. The fraction of sp³-hybridized carbons (Fsp3) is 0.308. The van der Waals surface area contributed by atoms with E-state index in [2.05, 4.69) is 34.7 Å². The van der Waals surface area contributed by atoms with Gasteiger partial charge in [0.15, 0.2) is 0 Å². The minimum Gasteiger partial charge on any atom is -0.366 e. The molecule has 17 heavy (non-hydrogen) atoms. The second-order valence-electron chi connectivity index (χ2n) is 4.17. The van der Waals surface area contributed by atoms with E-state index in [0.717, 1.165) is 23.6 Å². The van der Waals surface area contributed by atoms with Crippen LogP contribution in [0.4, 0.5) is 5.82 Å². The smallest absolute Gasteiger partial charge is 0.124 e. The second-order valence-corrected chi connectivity index (χ2v) is 4.17. The highest BCUT2D eigenvalue weighted by molar-refractivity contribution is 5.38. The van der Waals surface area contributed by atoms with Gasteiger partial charge in [-0.1, -0.05) is 24.3 Å². The Labute approximate surface area is 101 Å².